The molecule has 3 rings (SSSR count). The molecule has 0 aromatic rings. The molecule has 20 heavy (non-hydrogen) atoms. The first kappa shape index (κ1) is 14.3. The fourth-order valence-corrected chi connectivity index (χ4v) is 4.07. The van der Waals surface area contributed by atoms with E-state index >= 15 is 0 Å². The minimum atomic E-state index is -2.82. The van der Waals surface area contributed by atoms with Crippen molar-refractivity contribution in [2.45, 2.75) is 50.8 Å². The Balaban J connectivity index is 1.61. The summed E-state index contributed by atoms with van der Waals surface area (Å²) < 4.78 is 34.5. The lowest BCUT2D eigenvalue weighted by atomic mass is 9.73. The van der Waals surface area contributed by atoms with Crippen LogP contribution in [0.2, 0.25) is 5.82 Å². The quantitative estimate of drug-likeness (QED) is 0.697. The van der Waals surface area contributed by atoms with Crippen LogP contribution < -0.4 is 0 Å². The van der Waals surface area contributed by atoms with Gasteiger partial charge < -0.3 is 9.31 Å². The highest BCUT2D eigenvalue weighted by atomic mass is 32.2. The summed E-state index contributed by atoms with van der Waals surface area (Å²) in [4.78, 5) is 0. The second-order valence-corrected chi connectivity index (χ2v) is 9.06. The van der Waals surface area contributed by atoms with Crippen molar-refractivity contribution in [3.8, 4) is 0 Å². The zero-order valence-electron chi connectivity index (χ0n) is 12.4. The van der Waals surface area contributed by atoms with Crippen LogP contribution in [0.3, 0.4) is 0 Å². The molecule has 112 valence electrons. The summed E-state index contributed by atoms with van der Waals surface area (Å²) in [6, 6.07) is 0.0173. The maximum atomic E-state index is 11.2. The first-order chi connectivity index (χ1) is 9.10. The molecule has 3 aliphatic rings. The predicted octanol–water partition coefficient (Wildman–Crippen LogP) is 0.547. The Morgan fingerprint density at radius 1 is 1.20 bits per heavy atom. The molecule has 0 aromatic heterocycles. The molecule has 0 saturated carbocycles. The van der Waals surface area contributed by atoms with Crippen molar-refractivity contribution in [3.63, 3.8) is 0 Å². The van der Waals surface area contributed by atoms with E-state index in [0.717, 1.165) is 0 Å². The molecular formula is C12H21BN2O4S. The SMILES string of the molecule is CC1(C)OB(C2C=NN(C3CS(=O)(=O)C3)C2)OC1(C)C. The van der Waals surface area contributed by atoms with Crippen LogP contribution in [-0.2, 0) is 19.1 Å². The van der Waals surface area contributed by atoms with Gasteiger partial charge in [0.2, 0.25) is 0 Å². The summed E-state index contributed by atoms with van der Waals surface area (Å²) in [5.41, 5.74) is -0.697. The summed E-state index contributed by atoms with van der Waals surface area (Å²) in [6.45, 7) is 8.76. The summed E-state index contributed by atoms with van der Waals surface area (Å²) in [5, 5.41) is 6.19. The van der Waals surface area contributed by atoms with Crippen LogP contribution in [-0.4, -0.2) is 62.1 Å². The third kappa shape index (κ3) is 2.27. The average Bonchev–Trinajstić information content (AvgIpc) is 2.79. The van der Waals surface area contributed by atoms with Crippen LogP contribution >= 0.6 is 0 Å². The molecule has 2 saturated heterocycles. The molecule has 0 aromatic carbocycles. The number of hydrogen-bond acceptors (Lipinski definition) is 6. The Morgan fingerprint density at radius 2 is 1.75 bits per heavy atom. The minimum absolute atomic E-state index is 0.0173. The lowest BCUT2D eigenvalue weighted by Crippen LogP contribution is -2.51. The number of nitrogens with zero attached hydrogens (tertiary/aromatic N) is 2. The van der Waals surface area contributed by atoms with E-state index in [9.17, 15) is 8.42 Å². The Bertz CT molecular complexity index is 518. The zero-order chi connectivity index (χ0) is 14.8. The van der Waals surface area contributed by atoms with Crippen LogP contribution in [0.4, 0.5) is 0 Å². The fourth-order valence-electron chi connectivity index (χ4n) is 2.65. The first-order valence-corrected chi connectivity index (χ1v) is 8.79. The van der Waals surface area contributed by atoms with Gasteiger partial charge in [-0.05, 0) is 27.7 Å². The summed E-state index contributed by atoms with van der Waals surface area (Å²) in [7, 11) is -3.13. The number of rotatable bonds is 2. The highest BCUT2D eigenvalue weighted by molar-refractivity contribution is 7.92. The van der Waals surface area contributed by atoms with Crippen molar-refractivity contribution in [2.75, 3.05) is 18.1 Å². The molecule has 0 N–H and O–H groups in total. The topological polar surface area (TPSA) is 68.2 Å². The van der Waals surface area contributed by atoms with Gasteiger partial charge in [-0.1, -0.05) is 0 Å². The lowest BCUT2D eigenvalue weighted by molar-refractivity contribution is 0.00578. The van der Waals surface area contributed by atoms with Crippen LogP contribution in [0.15, 0.2) is 5.10 Å². The van der Waals surface area contributed by atoms with E-state index in [4.69, 9.17) is 9.31 Å². The minimum Gasteiger partial charge on any atom is -0.403 e. The monoisotopic (exact) mass is 300 g/mol. The molecule has 1 unspecified atom stereocenters. The molecule has 0 bridgehead atoms. The van der Waals surface area contributed by atoms with Crippen LogP contribution in [0.1, 0.15) is 27.7 Å². The van der Waals surface area contributed by atoms with E-state index in [-0.39, 0.29) is 41.7 Å². The number of hydrazone groups is 1. The van der Waals surface area contributed by atoms with Gasteiger partial charge >= 0.3 is 7.12 Å². The van der Waals surface area contributed by atoms with E-state index in [1.165, 1.54) is 0 Å². The molecule has 0 aliphatic carbocycles. The molecule has 0 radical (unpaired) electrons. The van der Waals surface area contributed by atoms with E-state index in [0.29, 0.717) is 6.54 Å². The van der Waals surface area contributed by atoms with Gasteiger partial charge in [-0.15, -0.1) is 0 Å². The maximum absolute atomic E-state index is 11.2. The van der Waals surface area contributed by atoms with E-state index in [1.807, 2.05) is 38.9 Å². The van der Waals surface area contributed by atoms with Gasteiger partial charge in [0.25, 0.3) is 0 Å². The van der Waals surface area contributed by atoms with Gasteiger partial charge in [0.05, 0.1) is 34.6 Å². The van der Waals surface area contributed by atoms with E-state index < -0.39 is 9.84 Å². The summed E-state index contributed by atoms with van der Waals surface area (Å²) in [5.74, 6) is 0.472. The number of hydrogen-bond donors (Lipinski definition) is 0. The normalized spacial score (nSPS) is 34.5. The smallest absolute Gasteiger partial charge is 0.403 e. The molecule has 1 atom stereocenters. The second kappa shape index (κ2) is 4.21. The Hall–Kier alpha value is -0.595. The van der Waals surface area contributed by atoms with Gasteiger partial charge in [-0.3, -0.25) is 5.01 Å². The van der Waals surface area contributed by atoms with Crippen molar-refractivity contribution >= 4 is 23.2 Å². The summed E-state index contributed by atoms with van der Waals surface area (Å²) in [6.07, 6.45) is 1.83. The average molecular weight is 300 g/mol. The lowest BCUT2D eigenvalue weighted by Gasteiger charge is -2.33. The predicted molar refractivity (Wildman–Crippen MR) is 77.5 cm³/mol. The Morgan fingerprint density at radius 3 is 2.25 bits per heavy atom. The third-order valence-electron chi connectivity index (χ3n) is 4.74. The largest absolute Gasteiger partial charge is 0.468 e. The van der Waals surface area contributed by atoms with Crippen LogP contribution in [0.5, 0.6) is 0 Å². The van der Waals surface area contributed by atoms with Gasteiger partial charge in [0.1, 0.15) is 0 Å². The van der Waals surface area contributed by atoms with Gasteiger partial charge in [0.15, 0.2) is 9.84 Å². The Labute approximate surface area is 120 Å². The molecule has 3 aliphatic heterocycles. The molecular weight excluding hydrogens is 279 g/mol. The second-order valence-electron chi connectivity index (χ2n) is 6.91. The maximum Gasteiger partial charge on any atom is 0.468 e. The van der Waals surface area contributed by atoms with E-state index in [1.54, 1.807) is 0 Å². The molecule has 0 spiro atoms. The first-order valence-electron chi connectivity index (χ1n) is 6.96. The Kier molecular flexibility index (Phi) is 3.02. The zero-order valence-corrected chi connectivity index (χ0v) is 13.2. The van der Waals surface area contributed by atoms with Gasteiger partial charge in [-0.25, -0.2) is 8.42 Å². The van der Waals surface area contributed by atoms with Gasteiger partial charge in [-0.2, -0.15) is 5.10 Å². The van der Waals surface area contributed by atoms with Crippen molar-refractivity contribution in [1.29, 1.82) is 0 Å². The van der Waals surface area contributed by atoms with Crippen LogP contribution in [0.25, 0.3) is 0 Å². The van der Waals surface area contributed by atoms with Crippen molar-refractivity contribution in [1.82, 2.24) is 5.01 Å². The number of sulfone groups is 1. The molecule has 3 heterocycles. The highest BCUT2D eigenvalue weighted by Gasteiger charge is 2.55. The standard InChI is InChI=1S/C12H21BN2O4S/c1-11(2)12(3,4)19-13(18-11)9-5-14-15(6-9)10-7-20(16,17)8-10/h5,9-10H,6-8H2,1-4H3. The van der Waals surface area contributed by atoms with Crippen molar-refractivity contribution in [3.05, 3.63) is 0 Å². The van der Waals surface area contributed by atoms with Crippen molar-refractivity contribution < 1.29 is 17.7 Å². The fraction of sp³-hybridized carbons (Fsp3) is 0.917. The molecule has 2 fully saturated rings. The summed E-state index contributed by atoms with van der Waals surface area (Å²) >= 11 is 0. The van der Waals surface area contributed by atoms with Gasteiger partial charge in [0, 0.05) is 12.8 Å². The molecule has 0 amide bonds. The van der Waals surface area contributed by atoms with E-state index in [2.05, 4.69) is 5.10 Å². The molecule has 8 heteroatoms. The van der Waals surface area contributed by atoms with Crippen molar-refractivity contribution in [2.24, 2.45) is 5.10 Å². The highest BCUT2D eigenvalue weighted by Crippen LogP contribution is 2.40. The molecule has 6 nitrogen and oxygen atoms in total. The third-order valence-corrected chi connectivity index (χ3v) is 6.52. The van der Waals surface area contributed by atoms with Crippen LogP contribution in [0, 0.1) is 0 Å².